The Hall–Kier alpha value is -3.59. The molecule has 0 saturated heterocycles. The van der Waals surface area contributed by atoms with E-state index in [2.05, 4.69) is 28.2 Å². The third kappa shape index (κ3) is 4.24. The van der Waals surface area contributed by atoms with Crippen LogP contribution in [0.3, 0.4) is 0 Å². The largest absolute Gasteiger partial charge is 0.507 e. The first-order chi connectivity index (χ1) is 15.3. The van der Waals surface area contributed by atoms with Crippen LogP contribution < -0.4 is 0 Å². The summed E-state index contributed by atoms with van der Waals surface area (Å²) in [7, 11) is 0. The fourth-order valence-electron chi connectivity index (χ4n) is 3.77. The van der Waals surface area contributed by atoms with E-state index in [9.17, 15) is 5.11 Å². The van der Waals surface area contributed by atoms with E-state index in [1.54, 1.807) is 12.3 Å². The average molecular weight is 592 g/mol. The predicted octanol–water partition coefficient (Wildman–Crippen LogP) is 6.79. The zero-order chi connectivity index (χ0) is 21.0. The summed E-state index contributed by atoms with van der Waals surface area (Å²) < 4.78 is 0. The van der Waals surface area contributed by atoms with Gasteiger partial charge >= 0.3 is 0 Å². The number of aromatic hydroxyl groups is 1. The van der Waals surface area contributed by atoms with Gasteiger partial charge < -0.3 is 10.1 Å². The Kier molecular flexibility index (Phi) is 6.55. The van der Waals surface area contributed by atoms with Crippen LogP contribution in [-0.4, -0.2) is 15.1 Å². The molecular weight excluding hydrogens is 573 g/mol. The summed E-state index contributed by atoms with van der Waals surface area (Å²) in [6, 6.07) is 34.9. The van der Waals surface area contributed by atoms with Crippen molar-refractivity contribution in [2.24, 2.45) is 0 Å². The van der Waals surface area contributed by atoms with E-state index in [0.29, 0.717) is 0 Å². The number of fused-ring (bicyclic) bond motifs is 4. The average Bonchev–Trinajstić information content (AvgIpc) is 2.84. The van der Waals surface area contributed by atoms with Crippen LogP contribution in [0.15, 0.2) is 109 Å². The third-order valence-electron chi connectivity index (χ3n) is 5.23. The van der Waals surface area contributed by atoms with Crippen LogP contribution >= 0.6 is 0 Å². The molecule has 157 valence electrons. The molecule has 6 aromatic rings. The summed E-state index contributed by atoms with van der Waals surface area (Å²) in [6.45, 7) is 0. The van der Waals surface area contributed by atoms with Gasteiger partial charge in [-0.15, -0.1) is 35.9 Å². The molecule has 6 rings (SSSR count). The van der Waals surface area contributed by atoms with E-state index >= 15 is 0 Å². The van der Waals surface area contributed by atoms with Crippen molar-refractivity contribution < 1.29 is 25.2 Å². The van der Waals surface area contributed by atoms with Crippen LogP contribution in [-0.2, 0) is 20.1 Å². The van der Waals surface area contributed by atoms with E-state index in [-0.39, 0.29) is 25.9 Å². The first-order valence-corrected chi connectivity index (χ1v) is 10.1. The molecule has 0 saturated carbocycles. The van der Waals surface area contributed by atoms with Gasteiger partial charge in [0.25, 0.3) is 0 Å². The molecule has 3 nitrogen and oxygen atoms in total. The number of rotatable bonds is 1. The van der Waals surface area contributed by atoms with Gasteiger partial charge in [0, 0.05) is 43.3 Å². The maximum atomic E-state index is 9.83. The molecular formula is C28H19IrN2O-. The van der Waals surface area contributed by atoms with Crippen molar-refractivity contribution in [1.82, 2.24) is 9.97 Å². The molecule has 0 fully saturated rings. The first kappa shape index (κ1) is 21.6. The smallest absolute Gasteiger partial charge is 0.125 e. The third-order valence-corrected chi connectivity index (χ3v) is 5.23. The molecule has 0 aliphatic heterocycles. The molecule has 4 heteroatoms. The van der Waals surface area contributed by atoms with Crippen LogP contribution in [0.5, 0.6) is 5.75 Å². The minimum absolute atomic E-state index is 0. The maximum absolute atomic E-state index is 9.83. The van der Waals surface area contributed by atoms with Gasteiger partial charge in [0.2, 0.25) is 0 Å². The van der Waals surface area contributed by atoms with Crippen LogP contribution in [0.1, 0.15) is 0 Å². The molecule has 0 unspecified atom stereocenters. The molecule has 4 aromatic carbocycles. The van der Waals surface area contributed by atoms with Gasteiger partial charge in [-0.25, -0.2) is 0 Å². The van der Waals surface area contributed by atoms with Crippen molar-refractivity contribution >= 4 is 32.4 Å². The number of nitrogens with zero attached hydrogens (tertiary/aromatic N) is 2. The van der Waals surface area contributed by atoms with Gasteiger partial charge in [-0.05, 0) is 40.1 Å². The number of aromatic nitrogens is 2. The predicted molar refractivity (Wildman–Crippen MR) is 127 cm³/mol. The zero-order valence-corrected chi connectivity index (χ0v) is 19.5. The Morgan fingerprint density at radius 3 is 2.28 bits per heavy atom. The number of pyridine rings is 2. The summed E-state index contributed by atoms with van der Waals surface area (Å²) >= 11 is 0. The normalized spacial score (nSPS) is 10.4. The monoisotopic (exact) mass is 592 g/mol. The van der Waals surface area contributed by atoms with Gasteiger partial charge in [-0.1, -0.05) is 54.6 Å². The number of phenolic OH excluding ortho intramolecular Hbond substituents is 1. The summed E-state index contributed by atoms with van der Waals surface area (Å²) in [5.74, 6) is 0.289. The molecule has 0 bridgehead atoms. The molecule has 0 aliphatic rings. The second-order valence-corrected chi connectivity index (χ2v) is 7.17. The van der Waals surface area contributed by atoms with Gasteiger partial charge in [0.05, 0.1) is 5.52 Å². The quantitative estimate of drug-likeness (QED) is 0.169. The van der Waals surface area contributed by atoms with E-state index in [1.807, 2.05) is 85.1 Å². The SMILES string of the molecule is Oc1cccc2ccc3cccnc3c12.[Ir].[c-]1ccccc1-c1nccc2ccccc12. The van der Waals surface area contributed by atoms with Crippen molar-refractivity contribution in [3.63, 3.8) is 0 Å². The molecule has 0 atom stereocenters. The van der Waals surface area contributed by atoms with Crippen molar-refractivity contribution in [1.29, 1.82) is 0 Å². The molecule has 1 N–H and O–H groups in total. The van der Waals surface area contributed by atoms with Crippen LogP contribution in [0.2, 0.25) is 0 Å². The van der Waals surface area contributed by atoms with E-state index in [4.69, 9.17) is 0 Å². The number of hydrogen-bond donors (Lipinski definition) is 1. The van der Waals surface area contributed by atoms with Gasteiger partial charge in [0.1, 0.15) is 5.75 Å². The standard InChI is InChI=1S/C15H10N.C13H9NO.Ir/c1-2-7-13(8-3-1)15-14-9-5-4-6-12(14)10-11-16-15;15-11-5-1-3-9-6-7-10-4-2-8-14-13(10)12(9)11;/h1-7,9-11H;1-8,15H;/q-1;;. The molecule has 0 aliphatic carbocycles. The molecule has 1 radical (unpaired) electrons. The van der Waals surface area contributed by atoms with Gasteiger partial charge in [-0.2, -0.15) is 0 Å². The summed E-state index contributed by atoms with van der Waals surface area (Å²) in [6.07, 6.45) is 3.59. The van der Waals surface area contributed by atoms with Gasteiger partial charge in [-0.3, -0.25) is 4.98 Å². The van der Waals surface area contributed by atoms with Crippen LogP contribution in [0, 0.1) is 6.07 Å². The van der Waals surface area contributed by atoms with Crippen molar-refractivity contribution in [2.75, 3.05) is 0 Å². The Labute approximate surface area is 199 Å². The van der Waals surface area contributed by atoms with Crippen molar-refractivity contribution in [2.45, 2.75) is 0 Å². The Morgan fingerprint density at radius 2 is 1.41 bits per heavy atom. The first-order valence-electron chi connectivity index (χ1n) is 10.1. The maximum Gasteiger partial charge on any atom is 0.125 e. The fraction of sp³-hybridized carbons (Fsp3) is 0. The summed E-state index contributed by atoms with van der Waals surface area (Å²) in [5.41, 5.74) is 2.89. The second-order valence-electron chi connectivity index (χ2n) is 7.17. The van der Waals surface area contributed by atoms with Crippen LogP contribution in [0.25, 0.3) is 43.7 Å². The summed E-state index contributed by atoms with van der Waals surface area (Å²) in [5, 5.41) is 15.1. The minimum Gasteiger partial charge on any atom is -0.507 e. The molecule has 32 heavy (non-hydrogen) atoms. The molecule has 0 spiro atoms. The molecule has 2 heterocycles. The summed E-state index contributed by atoms with van der Waals surface area (Å²) in [4.78, 5) is 8.76. The Morgan fingerprint density at radius 1 is 0.625 bits per heavy atom. The van der Waals surface area contributed by atoms with E-state index in [1.165, 1.54) is 10.8 Å². The molecule has 2 aromatic heterocycles. The topological polar surface area (TPSA) is 46.0 Å². The van der Waals surface area contributed by atoms with Crippen LogP contribution in [0.4, 0.5) is 0 Å². The Bertz CT molecular complexity index is 1490. The fourth-order valence-corrected chi connectivity index (χ4v) is 3.77. The van der Waals surface area contributed by atoms with Gasteiger partial charge in [0.15, 0.2) is 0 Å². The second kappa shape index (κ2) is 9.69. The van der Waals surface area contributed by atoms with Crippen molar-refractivity contribution in [3.8, 4) is 17.0 Å². The zero-order valence-electron chi connectivity index (χ0n) is 17.1. The van der Waals surface area contributed by atoms with Crippen molar-refractivity contribution in [3.05, 3.63) is 116 Å². The number of phenols is 1. The van der Waals surface area contributed by atoms with E-state index in [0.717, 1.165) is 32.9 Å². The minimum atomic E-state index is 0. The number of hydrogen-bond acceptors (Lipinski definition) is 3. The number of benzene rings is 4. The Balaban J connectivity index is 0.000000149. The van der Waals surface area contributed by atoms with E-state index < -0.39 is 0 Å². The molecule has 0 amide bonds.